The molecule has 0 unspecified atom stereocenters. The normalized spacial score (nSPS) is 17.5. The maximum absolute atomic E-state index is 11.8. The van der Waals surface area contributed by atoms with E-state index in [4.69, 9.17) is 27.9 Å². The predicted molar refractivity (Wildman–Crippen MR) is 85.4 cm³/mol. The van der Waals surface area contributed by atoms with Crippen LogP contribution < -0.4 is 5.32 Å². The van der Waals surface area contributed by atoms with Crippen LogP contribution in [0.15, 0.2) is 23.3 Å². The van der Waals surface area contributed by atoms with Gasteiger partial charge in [0.1, 0.15) is 0 Å². The van der Waals surface area contributed by atoms with Crippen molar-refractivity contribution in [2.75, 3.05) is 19.0 Å². The van der Waals surface area contributed by atoms with Gasteiger partial charge in [0.2, 0.25) is 0 Å². The van der Waals surface area contributed by atoms with Gasteiger partial charge >= 0.3 is 6.09 Å². The third-order valence-electron chi connectivity index (χ3n) is 3.23. The van der Waals surface area contributed by atoms with Crippen molar-refractivity contribution in [2.45, 2.75) is 13.3 Å². The summed E-state index contributed by atoms with van der Waals surface area (Å²) < 4.78 is 5.06. The van der Waals surface area contributed by atoms with E-state index in [0.29, 0.717) is 22.2 Å². The first kappa shape index (κ1) is 16.6. The number of carbonyl (C=O) groups is 2. The second kappa shape index (κ2) is 6.98. The zero-order valence-corrected chi connectivity index (χ0v) is 13.6. The Morgan fingerprint density at radius 1 is 1.41 bits per heavy atom. The molecule has 6 nitrogen and oxygen atoms in total. The van der Waals surface area contributed by atoms with Crippen LogP contribution in [0, 0.1) is 5.92 Å². The van der Waals surface area contributed by atoms with Crippen LogP contribution in [0.25, 0.3) is 0 Å². The van der Waals surface area contributed by atoms with E-state index in [0.717, 1.165) is 5.71 Å². The molecule has 1 heterocycles. The molecular weight excluding hydrogens is 329 g/mol. The van der Waals surface area contributed by atoms with Gasteiger partial charge in [-0.05, 0) is 31.5 Å². The van der Waals surface area contributed by atoms with E-state index in [1.165, 1.54) is 11.1 Å². The summed E-state index contributed by atoms with van der Waals surface area (Å²) in [7, 11) is 1.60. The maximum atomic E-state index is 11.8. The number of amides is 2. The molecule has 22 heavy (non-hydrogen) atoms. The largest absolute Gasteiger partial charge is 0.449 e. The van der Waals surface area contributed by atoms with Gasteiger partial charge in [-0.15, -0.1) is 0 Å². The lowest BCUT2D eigenvalue weighted by atomic mass is 10.0. The highest BCUT2D eigenvalue weighted by molar-refractivity contribution is 6.42. The summed E-state index contributed by atoms with van der Waals surface area (Å²) in [5.41, 5.74) is 1.20. The number of halogens is 2. The van der Waals surface area contributed by atoms with Gasteiger partial charge in [-0.1, -0.05) is 23.2 Å². The minimum absolute atomic E-state index is 0.0917. The SMILES string of the molecule is CC1=NN(C)C(=O)[C@H]1CCOC(=O)Nc1ccc(Cl)c(Cl)c1. The van der Waals surface area contributed by atoms with Crippen molar-refractivity contribution < 1.29 is 14.3 Å². The molecule has 2 amide bonds. The topological polar surface area (TPSA) is 71.0 Å². The second-order valence-corrected chi connectivity index (χ2v) is 5.65. The van der Waals surface area contributed by atoms with Crippen LogP contribution in [-0.2, 0) is 9.53 Å². The Morgan fingerprint density at radius 3 is 2.73 bits per heavy atom. The summed E-state index contributed by atoms with van der Waals surface area (Å²) >= 11 is 11.6. The highest BCUT2D eigenvalue weighted by Gasteiger charge is 2.30. The molecule has 8 heteroatoms. The highest BCUT2D eigenvalue weighted by Crippen LogP contribution is 2.25. The van der Waals surface area contributed by atoms with Crippen LogP contribution in [0.4, 0.5) is 10.5 Å². The van der Waals surface area contributed by atoms with Crippen molar-refractivity contribution >= 4 is 46.6 Å². The second-order valence-electron chi connectivity index (χ2n) is 4.83. The number of ether oxygens (including phenoxy) is 1. The summed E-state index contributed by atoms with van der Waals surface area (Å²) in [5, 5.41) is 8.63. The van der Waals surface area contributed by atoms with Gasteiger partial charge in [0.25, 0.3) is 5.91 Å². The van der Waals surface area contributed by atoms with Crippen LogP contribution in [0.1, 0.15) is 13.3 Å². The molecule has 0 saturated carbocycles. The third kappa shape index (κ3) is 3.90. The Kier molecular flexibility index (Phi) is 5.26. The van der Waals surface area contributed by atoms with Crippen LogP contribution in [0.2, 0.25) is 10.0 Å². The summed E-state index contributed by atoms with van der Waals surface area (Å²) in [6.07, 6.45) is -0.223. The smallest absolute Gasteiger partial charge is 0.411 e. The van der Waals surface area contributed by atoms with E-state index in [9.17, 15) is 9.59 Å². The molecule has 1 aliphatic heterocycles. The van der Waals surface area contributed by atoms with Crippen molar-refractivity contribution in [2.24, 2.45) is 11.0 Å². The molecule has 118 valence electrons. The minimum Gasteiger partial charge on any atom is -0.449 e. The molecule has 0 saturated heterocycles. The average Bonchev–Trinajstić information content (AvgIpc) is 2.69. The number of hydrogen-bond acceptors (Lipinski definition) is 4. The molecule has 0 radical (unpaired) electrons. The van der Waals surface area contributed by atoms with E-state index in [1.54, 1.807) is 26.1 Å². The highest BCUT2D eigenvalue weighted by atomic mass is 35.5. The van der Waals surface area contributed by atoms with Gasteiger partial charge in [-0.25, -0.2) is 9.80 Å². The zero-order valence-electron chi connectivity index (χ0n) is 12.1. The number of nitrogens with one attached hydrogen (secondary N) is 1. The van der Waals surface area contributed by atoms with Crippen molar-refractivity contribution in [3.8, 4) is 0 Å². The Morgan fingerprint density at radius 2 is 2.14 bits per heavy atom. The third-order valence-corrected chi connectivity index (χ3v) is 3.97. The molecule has 0 fully saturated rings. The van der Waals surface area contributed by atoms with E-state index < -0.39 is 6.09 Å². The Bertz CT molecular complexity index is 634. The maximum Gasteiger partial charge on any atom is 0.411 e. The molecule has 1 atom stereocenters. The van der Waals surface area contributed by atoms with Gasteiger partial charge in [0.15, 0.2) is 0 Å². The molecule has 1 N–H and O–H groups in total. The lowest BCUT2D eigenvalue weighted by Crippen LogP contribution is -2.26. The number of hydrogen-bond donors (Lipinski definition) is 1. The monoisotopic (exact) mass is 343 g/mol. The molecule has 1 aromatic rings. The number of nitrogens with zero attached hydrogens (tertiary/aromatic N) is 2. The number of carbonyl (C=O) groups excluding carboxylic acids is 2. The molecule has 2 rings (SSSR count). The van der Waals surface area contributed by atoms with Crippen molar-refractivity contribution in [1.29, 1.82) is 0 Å². The van der Waals surface area contributed by atoms with Crippen LogP contribution in [-0.4, -0.2) is 36.4 Å². The standard InChI is InChI=1S/C14H15Cl2N3O3/c1-8-10(13(20)19(2)18-8)5-6-22-14(21)17-9-3-4-11(15)12(16)7-9/h3-4,7,10H,5-6H2,1-2H3,(H,17,21)/t10-/m0/s1. The molecule has 1 aliphatic rings. The first-order valence-corrected chi connectivity index (χ1v) is 7.35. The first-order valence-electron chi connectivity index (χ1n) is 6.60. The van der Waals surface area contributed by atoms with Crippen LogP contribution >= 0.6 is 23.2 Å². The molecule has 0 bridgehead atoms. The number of benzene rings is 1. The van der Waals surface area contributed by atoms with Gasteiger partial charge in [0.05, 0.1) is 22.6 Å². The van der Waals surface area contributed by atoms with Gasteiger partial charge < -0.3 is 4.74 Å². The van der Waals surface area contributed by atoms with Gasteiger partial charge in [-0.3, -0.25) is 10.1 Å². The number of anilines is 1. The summed E-state index contributed by atoms with van der Waals surface area (Å²) in [5.74, 6) is -0.422. The average molecular weight is 344 g/mol. The Balaban J connectivity index is 1.80. The van der Waals surface area contributed by atoms with E-state index in [1.807, 2.05) is 0 Å². The van der Waals surface area contributed by atoms with Crippen molar-refractivity contribution in [1.82, 2.24) is 5.01 Å². The van der Waals surface area contributed by atoms with Gasteiger partial charge in [-0.2, -0.15) is 5.10 Å². The van der Waals surface area contributed by atoms with Gasteiger partial charge in [0, 0.05) is 18.4 Å². The quantitative estimate of drug-likeness (QED) is 0.910. The summed E-state index contributed by atoms with van der Waals surface area (Å²) in [6, 6.07) is 4.71. The summed E-state index contributed by atoms with van der Waals surface area (Å²) in [4.78, 5) is 23.5. The summed E-state index contributed by atoms with van der Waals surface area (Å²) in [6.45, 7) is 1.89. The van der Waals surface area contributed by atoms with Crippen LogP contribution in [0.5, 0.6) is 0 Å². The predicted octanol–water partition coefficient (Wildman–Crippen LogP) is 3.40. The molecule has 0 spiro atoms. The zero-order chi connectivity index (χ0) is 16.3. The van der Waals surface area contributed by atoms with Crippen molar-refractivity contribution in [3.05, 3.63) is 28.2 Å². The number of hydrazone groups is 1. The Hall–Kier alpha value is -1.79. The first-order chi connectivity index (χ1) is 10.4. The lowest BCUT2D eigenvalue weighted by Gasteiger charge is -2.11. The van der Waals surface area contributed by atoms with Crippen molar-refractivity contribution in [3.63, 3.8) is 0 Å². The van der Waals surface area contributed by atoms with E-state index in [-0.39, 0.29) is 18.4 Å². The number of rotatable bonds is 4. The van der Waals surface area contributed by atoms with E-state index >= 15 is 0 Å². The molecule has 0 aliphatic carbocycles. The molecule has 0 aromatic heterocycles. The van der Waals surface area contributed by atoms with E-state index in [2.05, 4.69) is 10.4 Å². The minimum atomic E-state index is -0.619. The fraction of sp³-hybridized carbons (Fsp3) is 0.357. The fourth-order valence-corrected chi connectivity index (χ4v) is 2.39. The Labute approximate surface area is 138 Å². The molecular formula is C14H15Cl2N3O3. The molecule has 1 aromatic carbocycles. The van der Waals surface area contributed by atoms with Crippen LogP contribution in [0.3, 0.4) is 0 Å². The lowest BCUT2D eigenvalue weighted by molar-refractivity contribution is -0.130. The fourth-order valence-electron chi connectivity index (χ4n) is 2.09.